The summed E-state index contributed by atoms with van der Waals surface area (Å²) < 4.78 is 1.83. The molecule has 0 bridgehead atoms. The molecule has 6 nitrogen and oxygen atoms in total. The molecule has 0 fully saturated rings. The molecule has 0 unspecified atom stereocenters. The van der Waals surface area contributed by atoms with E-state index in [4.69, 9.17) is 0 Å². The maximum absolute atomic E-state index is 11.0. The fraction of sp³-hybridized carbons (Fsp3) is 0.333. The molecule has 1 heterocycles. The van der Waals surface area contributed by atoms with Crippen LogP contribution < -0.4 is 0 Å². The molecule has 6 heteroatoms. The van der Waals surface area contributed by atoms with Gasteiger partial charge in [-0.05, 0) is 26.8 Å². The Kier molecular flexibility index (Phi) is 2.86. The molecule has 1 aromatic carbocycles. The zero-order valence-corrected chi connectivity index (χ0v) is 10.5. The molecule has 2 rings (SSSR count). The van der Waals surface area contributed by atoms with Crippen LogP contribution in [0.2, 0.25) is 0 Å². The van der Waals surface area contributed by atoms with Crippen LogP contribution in [0.5, 0.6) is 0 Å². The fourth-order valence-electron chi connectivity index (χ4n) is 1.73. The van der Waals surface area contributed by atoms with Crippen molar-refractivity contribution in [3.05, 3.63) is 40.7 Å². The minimum absolute atomic E-state index is 0.0380. The second kappa shape index (κ2) is 4.21. The van der Waals surface area contributed by atoms with Gasteiger partial charge in [0.15, 0.2) is 5.82 Å². The van der Waals surface area contributed by atoms with Crippen molar-refractivity contribution in [2.45, 2.75) is 26.3 Å². The molecule has 0 N–H and O–H groups in total. The molecule has 0 saturated heterocycles. The summed E-state index contributed by atoms with van der Waals surface area (Å²) in [7, 11) is 0. The van der Waals surface area contributed by atoms with Crippen molar-refractivity contribution in [3.8, 4) is 11.4 Å². The number of hydrogen-bond donors (Lipinski definition) is 0. The van der Waals surface area contributed by atoms with E-state index in [1.54, 1.807) is 24.5 Å². The van der Waals surface area contributed by atoms with Crippen molar-refractivity contribution in [2.75, 3.05) is 0 Å². The highest BCUT2D eigenvalue weighted by Gasteiger charge is 2.23. The molecular formula is C12H14N4O2. The summed E-state index contributed by atoms with van der Waals surface area (Å²) in [5.74, 6) is 0.509. The number of nitrogens with zero attached hydrogens (tertiary/aromatic N) is 4. The van der Waals surface area contributed by atoms with Gasteiger partial charge in [-0.15, -0.1) is 10.2 Å². The van der Waals surface area contributed by atoms with Gasteiger partial charge >= 0.3 is 0 Å². The Hall–Kier alpha value is -2.24. The summed E-state index contributed by atoms with van der Waals surface area (Å²) in [5.41, 5.74) is 0.286. The van der Waals surface area contributed by atoms with Crippen molar-refractivity contribution in [3.63, 3.8) is 0 Å². The molecule has 0 radical (unpaired) electrons. The fourth-order valence-corrected chi connectivity index (χ4v) is 1.73. The highest BCUT2D eigenvalue weighted by atomic mass is 16.6. The SMILES string of the molecule is CC(C)(C)n1cnnc1-c1ccccc1[N+](=O)[O-]. The highest BCUT2D eigenvalue weighted by molar-refractivity contribution is 5.68. The second-order valence-corrected chi connectivity index (χ2v) is 4.97. The molecule has 2 aromatic rings. The Morgan fingerprint density at radius 2 is 1.94 bits per heavy atom. The van der Waals surface area contributed by atoms with Crippen LogP contribution in [0, 0.1) is 10.1 Å². The van der Waals surface area contributed by atoms with Crippen molar-refractivity contribution in [2.24, 2.45) is 0 Å². The van der Waals surface area contributed by atoms with Crippen LogP contribution in [-0.2, 0) is 5.54 Å². The van der Waals surface area contributed by atoms with Crippen molar-refractivity contribution >= 4 is 5.69 Å². The summed E-state index contributed by atoms with van der Waals surface area (Å²) in [5, 5.41) is 18.9. The number of nitro benzene ring substituents is 1. The first-order valence-corrected chi connectivity index (χ1v) is 5.55. The molecule has 1 aromatic heterocycles. The van der Waals surface area contributed by atoms with Crippen LogP contribution in [0.4, 0.5) is 5.69 Å². The summed E-state index contributed by atoms with van der Waals surface area (Å²) in [4.78, 5) is 10.6. The third-order valence-electron chi connectivity index (χ3n) is 2.61. The van der Waals surface area contributed by atoms with Crippen LogP contribution >= 0.6 is 0 Å². The van der Waals surface area contributed by atoms with Gasteiger partial charge in [0, 0.05) is 11.6 Å². The maximum atomic E-state index is 11.0. The highest BCUT2D eigenvalue weighted by Crippen LogP contribution is 2.30. The molecule has 0 amide bonds. The van der Waals surface area contributed by atoms with Gasteiger partial charge in [-0.25, -0.2) is 0 Å². The summed E-state index contributed by atoms with van der Waals surface area (Å²) in [6, 6.07) is 6.55. The Labute approximate surface area is 104 Å². The molecule has 0 aliphatic rings. The van der Waals surface area contributed by atoms with Crippen LogP contribution in [0.3, 0.4) is 0 Å². The van der Waals surface area contributed by atoms with Gasteiger partial charge in [0.25, 0.3) is 5.69 Å². The summed E-state index contributed by atoms with van der Waals surface area (Å²) in [6.07, 6.45) is 1.59. The smallest absolute Gasteiger partial charge is 0.280 e. The van der Waals surface area contributed by atoms with Gasteiger partial charge in [-0.3, -0.25) is 10.1 Å². The van der Waals surface area contributed by atoms with Gasteiger partial charge in [0.1, 0.15) is 6.33 Å². The topological polar surface area (TPSA) is 73.8 Å². The third kappa shape index (κ3) is 2.09. The van der Waals surface area contributed by atoms with Crippen molar-refractivity contribution in [1.29, 1.82) is 0 Å². The van der Waals surface area contributed by atoms with Crippen molar-refractivity contribution in [1.82, 2.24) is 14.8 Å². The lowest BCUT2D eigenvalue weighted by Crippen LogP contribution is -2.22. The molecule has 18 heavy (non-hydrogen) atoms. The quantitative estimate of drug-likeness (QED) is 0.603. The van der Waals surface area contributed by atoms with E-state index in [0.717, 1.165) is 0 Å². The number of hydrogen-bond acceptors (Lipinski definition) is 4. The lowest BCUT2D eigenvalue weighted by molar-refractivity contribution is -0.384. The van der Waals surface area contributed by atoms with Gasteiger partial charge in [-0.2, -0.15) is 0 Å². The Morgan fingerprint density at radius 1 is 1.28 bits per heavy atom. The van der Waals surface area contributed by atoms with Gasteiger partial charge < -0.3 is 4.57 Å². The standard InChI is InChI=1S/C12H14N4O2/c1-12(2,3)15-8-13-14-11(15)9-6-4-5-7-10(9)16(17)18/h4-8H,1-3H3. The first-order chi connectivity index (χ1) is 8.41. The van der Waals surface area contributed by atoms with Crippen molar-refractivity contribution < 1.29 is 4.92 Å². The zero-order chi connectivity index (χ0) is 13.3. The van der Waals surface area contributed by atoms with E-state index in [1.165, 1.54) is 6.07 Å². The van der Waals surface area contributed by atoms with Crippen LogP contribution in [0.15, 0.2) is 30.6 Å². The minimum atomic E-state index is -0.406. The van der Waals surface area contributed by atoms with Crippen LogP contribution in [-0.4, -0.2) is 19.7 Å². The first kappa shape index (κ1) is 12.2. The molecule has 0 aliphatic heterocycles. The number of nitro groups is 1. The molecule has 0 saturated carbocycles. The number of para-hydroxylation sites is 1. The lowest BCUT2D eigenvalue weighted by Gasteiger charge is -2.22. The first-order valence-electron chi connectivity index (χ1n) is 5.55. The largest absolute Gasteiger partial charge is 0.308 e. The van der Waals surface area contributed by atoms with E-state index >= 15 is 0 Å². The molecule has 0 aliphatic carbocycles. The molecular weight excluding hydrogens is 232 g/mol. The monoisotopic (exact) mass is 246 g/mol. The van der Waals surface area contributed by atoms with Gasteiger partial charge in [-0.1, -0.05) is 12.1 Å². The number of aromatic nitrogens is 3. The van der Waals surface area contributed by atoms with E-state index in [1.807, 2.05) is 25.3 Å². The summed E-state index contributed by atoms with van der Waals surface area (Å²) >= 11 is 0. The zero-order valence-electron chi connectivity index (χ0n) is 10.5. The number of rotatable bonds is 2. The normalized spacial score (nSPS) is 11.5. The predicted molar refractivity (Wildman–Crippen MR) is 67.1 cm³/mol. The minimum Gasteiger partial charge on any atom is -0.308 e. The van der Waals surface area contributed by atoms with E-state index in [9.17, 15) is 10.1 Å². The third-order valence-corrected chi connectivity index (χ3v) is 2.61. The Bertz CT molecular complexity index is 584. The average Bonchev–Trinajstić information content (AvgIpc) is 2.77. The van der Waals surface area contributed by atoms with E-state index < -0.39 is 4.92 Å². The van der Waals surface area contributed by atoms with E-state index in [0.29, 0.717) is 11.4 Å². The van der Waals surface area contributed by atoms with Gasteiger partial charge in [0.05, 0.1) is 10.5 Å². The van der Waals surface area contributed by atoms with Gasteiger partial charge in [0.2, 0.25) is 0 Å². The number of benzene rings is 1. The Balaban J connectivity index is 2.64. The predicted octanol–water partition coefficient (Wildman–Crippen LogP) is 2.61. The van der Waals surface area contributed by atoms with E-state index in [-0.39, 0.29) is 11.2 Å². The Morgan fingerprint density at radius 3 is 2.56 bits per heavy atom. The van der Waals surface area contributed by atoms with Crippen LogP contribution in [0.1, 0.15) is 20.8 Å². The lowest BCUT2D eigenvalue weighted by atomic mass is 10.1. The second-order valence-electron chi connectivity index (χ2n) is 4.97. The molecule has 0 spiro atoms. The van der Waals surface area contributed by atoms with Crippen LogP contribution in [0.25, 0.3) is 11.4 Å². The average molecular weight is 246 g/mol. The summed E-state index contributed by atoms with van der Waals surface area (Å²) in [6.45, 7) is 5.98. The maximum Gasteiger partial charge on any atom is 0.280 e. The molecule has 94 valence electrons. The van der Waals surface area contributed by atoms with E-state index in [2.05, 4.69) is 10.2 Å². The molecule has 0 atom stereocenters.